The highest BCUT2D eigenvalue weighted by atomic mass is 35.5. The summed E-state index contributed by atoms with van der Waals surface area (Å²) in [5, 5.41) is 2.85. The first-order valence-electron chi connectivity index (χ1n) is 6.74. The number of anilines is 1. The number of halogens is 1. The van der Waals surface area contributed by atoms with Crippen molar-refractivity contribution in [1.82, 2.24) is 5.32 Å². The van der Waals surface area contributed by atoms with Crippen LogP contribution in [0.1, 0.15) is 24.0 Å². The van der Waals surface area contributed by atoms with E-state index in [1.807, 2.05) is 32.0 Å². The SMILES string of the molecule is Cc1ccc(N2C[C@@H](NC(=O)CCCl)CC2=O)cc1C. The van der Waals surface area contributed by atoms with Crippen LogP contribution in [0.3, 0.4) is 0 Å². The molecule has 2 amide bonds. The number of aryl methyl sites for hydroxylation is 2. The van der Waals surface area contributed by atoms with Crippen LogP contribution in [0.25, 0.3) is 0 Å². The Bertz CT molecular complexity index is 531. The van der Waals surface area contributed by atoms with Gasteiger partial charge in [0.2, 0.25) is 11.8 Å². The summed E-state index contributed by atoms with van der Waals surface area (Å²) in [6.07, 6.45) is 0.636. The number of amides is 2. The normalized spacial score (nSPS) is 18.4. The number of hydrogen-bond donors (Lipinski definition) is 1. The Morgan fingerprint density at radius 1 is 1.40 bits per heavy atom. The van der Waals surface area contributed by atoms with E-state index >= 15 is 0 Å². The van der Waals surface area contributed by atoms with E-state index in [1.54, 1.807) is 4.90 Å². The maximum atomic E-state index is 12.1. The van der Waals surface area contributed by atoms with Gasteiger partial charge in [0.1, 0.15) is 0 Å². The lowest BCUT2D eigenvalue weighted by Gasteiger charge is -2.18. The van der Waals surface area contributed by atoms with E-state index in [0.717, 1.165) is 11.3 Å². The number of alkyl halides is 1. The van der Waals surface area contributed by atoms with Crippen molar-refractivity contribution < 1.29 is 9.59 Å². The standard InChI is InChI=1S/C15H19ClN2O2/c1-10-3-4-13(7-11(10)2)18-9-12(8-15(18)20)17-14(19)5-6-16/h3-4,7,12H,5-6,8-9H2,1-2H3,(H,17,19)/t12-/m0/s1. The Morgan fingerprint density at radius 2 is 2.15 bits per heavy atom. The van der Waals surface area contributed by atoms with Gasteiger partial charge in [0.05, 0.1) is 6.04 Å². The van der Waals surface area contributed by atoms with Crippen molar-refractivity contribution in [2.75, 3.05) is 17.3 Å². The van der Waals surface area contributed by atoms with Gasteiger partial charge in [0.25, 0.3) is 0 Å². The Hall–Kier alpha value is -1.55. The fourth-order valence-electron chi connectivity index (χ4n) is 2.33. The van der Waals surface area contributed by atoms with Gasteiger partial charge in [-0.3, -0.25) is 9.59 Å². The quantitative estimate of drug-likeness (QED) is 0.865. The van der Waals surface area contributed by atoms with Crippen LogP contribution in [-0.2, 0) is 9.59 Å². The summed E-state index contributed by atoms with van der Waals surface area (Å²) in [6, 6.07) is 5.84. The van der Waals surface area contributed by atoms with Crippen molar-refractivity contribution in [3.63, 3.8) is 0 Å². The van der Waals surface area contributed by atoms with Crippen molar-refractivity contribution in [2.45, 2.75) is 32.7 Å². The van der Waals surface area contributed by atoms with Crippen LogP contribution in [0.4, 0.5) is 5.69 Å². The minimum absolute atomic E-state index is 0.0458. The van der Waals surface area contributed by atoms with Gasteiger partial charge in [-0.15, -0.1) is 11.6 Å². The summed E-state index contributed by atoms with van der Waals surface area (Å²) >= 11 is 5.53. The third-order valence-corrected chi connectivity index (χ3v) is 3.80. The Labute approximate surface area is 124 Å². The molecule has 0 radical (unpaired) electrons. The summed E-state index contributed by atoms with van der Waals surface area (Å²) in [6.45, 7) is 4.59. The smallest absolute Gasteiger partial charge is 0.229 e. The second kappa shape index (κ2) is 6.27. The van der Waals surface area contributed by atoms with Gasteiger partial charge < -0.3 is 10.2 Å². The largest absolute Gasteiger partial charge is 0.351 e. The van der Waals surface area contributed by atoms with Crippen LogP contribution in [0.2, 0.25) is 0 Å². The molecular weight excluding hydrogens is 276 g/mol. The molecule has 1 heterocycles. The second-order valence-corrected chi connectivity index (χ2v) is 5.56. The zero-order valence-electron chi connectivity index (χ0n) is 11.8. The first kappa shape index (κ1) is 14.9. The first-order valence-corrected chi connectivity index (χ1v) is 7.27. The zero-order valence-corrected chi connectivity index (χ0v) is 12.5. The molecule has 20 heavy (non-hydrogen) atoms. The summed E-state index contributed by atoms with van der Waals surface area (Å²) in [7, 11) is 0. The minimum atomic E-state index is -0.125. The third-order valence-electron chi connectivity index (χ3n) is 3.61. The molecule has 1 aromatic carbocycles. The number of rotatable bonds is 4. The van der Waals surface area contributed by atoms with E-state index in [2.05, 4.69) is 5.32 Å². The van der Waals surface area contributed by atoms with E-state index in [-0.39, 0.29) is 24.3 Å². The lowest BCUT2D eigenvalue weighted by atomic mass is 10.1. The van der Waals surface area contributed by atoms with Crippen LogP contribution < -0.4 is 10.2 Å². The van der Waals surface area contributed by atoms with Gasteiger partial charge in [-0.05, 0) is 37.1 Å². The van der Waals surface area contributed by atoms with Crippen molar-refractivity contribution in [3.05, 3.63) is 29.3 Å². The average molecular weight is 295 g/mol. The van der Waals surface area contributed by atoms with Crippen molar-refractivity contribution in [2.24, 2.45) is 0 Å². The average Bonchev–Trinajstić information content (AvgIpc) is 2.74. The van der Waals surface area contributed by atoms with Gasteiger partial charge in [0, 0.05) is 31.0 Å². The summed E-state index contributed by atoms with van der Waals surface area (Å²) in [4.78, 5) is 25.3. The Morgan fingerprint density at radius 3 is 2.80 bits per heavy atom. The lowest BCUT2D eigenvalue weighted by molar-refractivity contribution is -0.121. The summed E-state index contributed by atoms with van der Waals surface area (Å²) in [5.74, 6) is 0.247. The molecule has 4 nitrogen and oxygen atoms in total. The van der Waals surface area contributed by atoms with E-state index in [4.69, 9.17) is 11.6 Å². The van der Waals surface area contributed by atoms with E-state index < -0.39 is 0 Å². The molecule has 1 aromatic rings. The third kappa shape index (κ3) is 3.31. The molecule has 1 atom stereocenters. The van der Waals surface area contributed by atoms with E-state index in [9.17, 15) is 9.59 Å². The first-order chi connectivity index (χ1) is 9.51. The molecule has 0 saturated carbocycles. The molecule has 0 aromatic heterocycles. The maximum Gasteiger partial charge on any atom is 0.229 e. The molecule has 5 heteroatoms. The topological polar surface area (TPSA) is 49.4 Å². The molecule has 108 valence electrons. The molecule has 2 rings (SSSR count). The number of carbonyl (C=O) groups excluding carboxylic acids is 2. The van der Waals surface area contributed by atoms with Crippen LogP contribution in [0, 0.1) is 13.8 Å². The van der Waals surface area contributed by atoms with Crippen molar-refractivity contribution in [1.29, 1.82) is 0 Å². The lowest BCUT2D eigenvalue weighted by Crippen LogP contribution is -2.37. The summed E-state index contributed by atoms with van der Waals surface area (Å²) < 4.78 is 0. The predicted molar refractivity (Wildman–Crippen MR) is 80.2 cm³/mol. The minimum Gasteiger partial charge on any atom is -0.351 e. The van der Waals surface area contributed by atoms with Crippen LogP contribution in [0.5, 0.6) is 0 Å². The Kier molecular flexibility index (Phi) is 4.65. The van der Waals surface area contributed by atoms with Gasteiger partial charge in [-0.2, -0.15) is 0 Å². The molecule has 1 aliphatic rings. The van der Waals surface area contributed by atoms with Crippen LogP contribution in [0.15, 0.2) is 18.2 Å². The van der Waals surface area contributed by atoms with Crippen LogP contribution >= 0.6 is 11.6 Å². The second-order valence-electron chi connectivity index (χ2n) is 5.18. The molecule has 1 N–H and O–H groups in total. The predicted octanol–water partition coefficient (Wildman–Crippen LogP) is 2.15. The molecule has 1 aliphatic heterocycles. The highest BCUT2D eigenvalue weighted by Gasteiger charge is 2.31. The summed E-state index contributed by atoms with van der Waals surface area (Å²) in [5.41, 5.74) is 3.25. The fourth-order valence-corrected chi connectivity index (χ4v) is 2.50. The van der Waals surface area contributed by atoms with E-state index in [1.165, 1.54) is 5.56 Å². The molecule has 0 unspecified atom stereocenters. The number of benzene rings is 1. The number of hydrogen-bond acceptors (Lipinski definition) is 2. The number of carbonyl (C=O) groups is 2. The van der Waals surface area contributed by atoms with Crippen LogP contribution in [-0.4, -0.2) is 30.3 Å². The fraction of sp³-hybridized carbons (Fsp3) is 0.467. The number of nitrogens with one attached hydrogen (secondary N) is 1. The molecule has 0 aliphatic carbocycles. The van der Waals surface area contributed by atoms with Gasteiger partial charge in [-0.25, -0.2) is 0 Å². The molecule has 0 bridgehead atoms. The number of nitrogens with zero attached hydrogens (tertiary/aromatic N) is 1. The van der Waals surface area contributed by atoms with Gasteiger partial charge in [0.15, 0.2) is 0 Å². The molecule has 1 saturated heterocycles. The molecule has 0 spiro atoms. The zero-order chi connectivity index (χ0) is 14.7. The molecule has 1 fully saturated rings. The van der Waals surface area contributed by atoms with Crippen molar-refractivity contribution in [3.8, 4) is 0 Å². The van der Waals surface area contributed by atoms with E-state index in [0.29, 0.717) is 18.8 Å². The van der Waals surface area contributed by atoms with Gasteiger partial charge in [-0.1, -0.05) is 6.07 Å². The Balaban J connectivity index is 2.05. The highest BCUT2D eigenvalue weighted by molar-refractivity contribution is 6.18. The monoisotopic (exact) mass is 294 g/mol. The maximum absolute atomic E-state index is 12.1. The van der Waals surface area contributed by atoms with Crippen molar-refractivity contribution >= 4 is 29.1 Å². The highest BCUT2D eigenvalue weighted by Crippen LogP contribution is 2.24. The van der Waals surface area contributed by atoms with Gasteiger partial charge >= 0.3 is 0 Å². The molecular formula is C15H19ClN2O2.